The molecule has 0 atom stereocenters. The van der Waals surface area contributed by atoms with Gasteiger partial charge in [-0.3, -0.25) is 9.69 Å². The average molecular weight is 402 g/mol. The fourth-order valence-electron chi connectivity index (χ4n) is 2.64. The van der Waals surface area contributed by atoms with Crippen LogP contribution in [0.25, 0.3) is 6.08 Å². The maximum atomic E-state index is 12.9. The molecule has 1 amide bonds. The molecule has 3 rings (SSSR count). The number of methoxy groups -OCH3 is 2. The van der Waals surface area contributed by atoms with Crippen molar-refractivity contribution in [3.8, 4) is 17.2 Å². The zero-order chi connectivity index (χ0) is 19.4. The molecule has 0 saturated carbocycles. The van der Waals surface area contributed by atoms with Crippen molar-refractivity contribution < 1.29 is 19.0 Å². The highest BCUT2D eigenvalue weighted by molar-refractivity contribution is 8.27. The molecule has 1 saturated heterocycles. The van der Waals surface area contributed by atoms with E-state index in [2.05, 4.69) is 0 Å². The van der Waals surface area contributed by atoms with Crippen LogP contribution in [0.5, 0.6) is 17.2 Å². The van der Waals surface area contributed by atoms with Gasteiger partial charge in [-0.2, -0.15) is 0 Å². The molecule has 1 aliphatic rings. The van der Waals surface area contributed by atoms with Gasteiger partial charge in [0, 0.05) is 0 Å². The zero-order valence-corrected chi connectivity index (χ0v) is 16.9. The molecule has 2 aromatic rings. The molecular formula is C20H19NO4S2. The van der Waals surface area contributed by atoms with Crippen molar-refractivity contribution in [2.75, 3.05) is 25.7 Å². The monoisotopic (exact) mass is 401 g/mol. The van der Waals surface area contributed by atoms with E-state index in [9.17, 15) is 4.79 Å². The SMILES string of the molecule is CCOc1ccc(N2C(=O)/C(=C/c3ccc(OC)c(OC)c3)SC2=S)cc1. The quantitative estimate of drug-likeness (QED) is 0.524. The van der Waals surface area contributed by atoms with Crippen LogP contribution in [0.2, 0.25) is 0 Å². The molecule has 1 aliphatic heterocycles. The Kier molecular flexibility index (Phi) is 6.03. The summed E-state index contributed by atoms with van der Waals surface area (Å²) in [5.74, 6) is 1.85. The molecule has 140 valence electrons. The number of hydrogen-bond donors (Lipinski definition) is 0. The number of carbonyl (C=O) groups is 1. The Morgan fingerprint density at radius 2 is 1.78 bits per heavy atom. The van der Waals surface area contributed by atoms with Gasteiger partial charge >= 0.3 is 0 Å². The van der Waals surface area contributed by atoms with E-state index in [1.165, 1.54) is 16.7 Å². The Morgan fingerprint density at radius 3 is 2.41 bits per heavy atom. The summed E-state index contributed by atoms with van der Waals surface area (Å²) in [7, 11) is 3.16. The number of anilines is 1. The first-order chi connectivity index (χ1) is 13.1. The van der Waals surface area contributed by atoms with Crippen LogP contribution >= 0.6 is 24.0 Å². The molecular weight excluding hydrogens is 382 g/mol. The van der Waals surface area contributed by atoms with Crippen molar-refractivity contribution in [2.24, 2.45) is 0 Å². The van der Waals surface area contributed by atoms with Crippen molar-refractivity contribution in [3.63, 3.8) is 0 Å². The van der Waals surface area contributed by atoms with Gasteiger partial charge in [0.15, 0.2) is 15.8 Å². The highest BCUT2D eigenvalue weighted by Gasteiger charge is 2.33. The minimum Gasteiger partial charge on any atom is -0.494 e. The van der Waals surface area contributed by atoms with Crippen LogP contribution in [0.3, 0.4) is 0 Å². The summed E-state index contributed by atoms with van der Waals surface area (Å²) in [6.45, 7) is 2.52. The molecule has 0 spiro atoms. The van der Waals surface area contributed by atoms with E-state index in [1.54, 1.807) is 26.4 Å². The van der Waals surface area contributed by atoms with E-state index >= 15 is 0 Å². The summed E-state index contributed by atoms with van der Waals surface area (Å²) in [5, 5.41) is 0. The fraction of sp³-hybridized carbons (Fsp3) is 0.200. The lowest BCUT2D eigenvalue weighted by Gasteiger charge is -2.15. The van der Waals surface area contributed by atoms with Gasteiger partial charge in [0.1, 0.15) is 5.75 Å². The Balaban J connectivity index is 1.86. The van der Waals surface area contributed by atoms with Gasteiger partial charge in [-0.15, -0.1) is 0 Å². The standard InChI is InChI=1S/C20H19NO4S2/c1-4-25-15-8-6-14(7-9-15)21-19(22)18(27-20(21)26)12-13-5-10-16(23-2)17(11-13)24-3/h5-12H,4H2,1-3H3/b18-12-. The van der Waals surface area contributed by atoms with Gasteiger partial charge in [0.25, 0.3) is 5.91 Å². The van der Waals surface area contributed by atoms with E-state index in [4.69, 9.17) is 26.4 Å². The van der Waals surface area contributed by atoms with Crippen molar-refractivity contribution in [2.45, 2.75) is 6.92 Å². The van der Waals surface area contributed by atoms with E-state index in [-0.39, 0.29) is 5.91 Å². The van der Waals surface area contributed by atoms with Gasteiger partial charge in [-0.1, -0.05) is 30.0 Å². The minimum atomic E-state index is -0.149. The molecule has 0 N–H and O–H groups in total. The topological polar surface area (TPSA) is 48.0 Å². The third-order valence-corrected chi connectivity index (χ3v) is 5.21. The summed E-state index contributed by atoms with van der Waals surface area (Å²) >= 11 is 6.69. The highest BCUT2D eigenvalue weighted by Crippen LogP contribution is 2.37. The van der Waals surface area contributed by atoms with Crippen LogP contribution in [-0.2, 0) is 4.79 Å². The van der Waals surface area contributed by atoms with Crippen LogP contribution < -0.4 is 19.1 Å². The van der Waals surface area contributed by atoms with Crippen molar-refractivity contribution in [3.05, 3.63) is 52.9 Å². The summed E-state index contributed by atoms with van der Waals surface area (Å²) < 4.78 is 16.5. The molecule has 0 bridgehead atoms. The molecule has 1 fully saturated rings. The lowest BCUT2D eigenvalue weighted by atomic mass is 10.2. The molecule has 0 aromatic heterocycles. The average Bonchev–Trinajstić information content (AvgIpc) is 2.96. The predicted molar refractivity (Wildman–Crippen MR) is 113 cm³/mol. The maximum absolute atomic E-state index is 12.9. The van der Waals surface area contributed by atoms with E-state index < -0.39 is 0 Å². The van der Waals surface area contributed by atoms with Crippen LogP contribution in [-0.4, -0.2) is 31.1 Å². The van der Waals surface area contributed by atoms with Gasteiger partial charge in [0.05, 0.1) is 31.4 Å². The Bertz CT molecular complexity index is 893. The molecule has 0 radical (unpaired) electrons. The molecule has 2 aromatic carbocycles. The second-order valence-electron chi connectivity index (χ2n) is 5.56. The minimum absolute atomic E-state index is 0.149. The number of hydrogen-bond acceptors (Lipinski definition) is 6. The largest absolute Gasteiger partial charge is 0.494 e. The lowest BCUT2D eigenvalue weighted by Crippen LogP contribution is -2.27. The Labute approximate surface area is 167 Å². The normalized spacial score (nSPS) is 15.4. The molecule has 0 aliphatic carbocycles. The number of ether oxygens (including phenoxy) is 3. The van der Waals surface area contributed by atoms with Gasteiger partial charge in [0.2, 0.25) is 0 Å². The molecule has 1 heterocycles. The number of thiocarbonyl (C=S) groups is 1. The second-order valence-corrected chi connectivity index (χ2v) is 7.23. The summed E-state index contributed by atoms with van der Waals surface area (Å²) in [4.78, 5) is 15.0. The van der Waals surface area contributed by atoms with E-state index in [0.717, 1.165) is 17.0 Å². The van der Waals surface area contributed by atoms with Gasteiger partial charge < -0.3 is 14.2 Å². The molecule has 0 unspecified atom stereocenters. The van der Waals surface area contributed by atoms with Crippen molar-refractivity contribution >= 4 is 46.0 Å². The first-order valence-electron chi connectivity index (χ1n) is 8.30. The smallest absolute Gasteiger partial charge is 0.270 e. The lowest BCUT2D eigenvalue weighted by molar-refractivity contribution is -0.113. The molecule has 7 heteroatoms. The van der Waals surface area contributed by atoms with Crippen LogP contribution in [0.4, 0.5) is 5.69 Å². The van der Waals surface area contributed by atoms with Crippen molar-refractivity contribution in [1.29, 1.82) is 0 Å². The third kappa shape index (κ3) is 4.09. The first-order valence-corrected chi connectivity index (χ1v) is 9.52. The van der Waals surface area contributed by atoms with Gasteiger partial charge in [-0.05, 0) is 55.0 Å². The number of thioether (sulfide) groups is 1. The summed E-state index contributed by atoms with van der Waals surface area (Å²) in [5.41, 5.74) is 1.55. The zero-order valence-electron chi connectivity index (χ0n) is 15.2. The number of rotatable bonds is 6. The maximum Gasteiger partial charge on any atom is 0.270 e. The van der Waals surface area contributed by atoms with E-state index in [1.807, 2.05) is 43.3 Å². The Hall–Kier alpha value is -2.51. The number of amides is 1. The first kappa shape index (κ1) is 19.3. The Morgan fingerprint density at radius 1 is 1.07 bits per heavy atom. The fourth-order valence-corrected chi connectivity index (χ4v) is 3.94. The number of carbonyl (C=O) groups excluding carboxylic acids is 1. The van der Waals surface area contributed by atoms with E-state index in [0.29, 0.717) is 27.3 Å². The van der Waals surface area contributed by atoms with Crippen molar-refractivity contribution in [1.82, 2.24) is 0 Å². The second kappa shape index (κ2) is 8.45. The predicted octanol–water partition coefficient (Wildman–Crippen LogP) is 4.51. The summed E-state index contributed by atoms with van der Waals surface area (Å²) in [6.07, 6.45) is 1.80. The third-order valence-electron chi connectivity index (χ3n) is 3.90. The number of benzene rings is 2. The summed E-state index contributed by atoms with van der Waals surface area (Å²) in [6, 6.07) is 12.8. The highest BCUT2D eigenvalue weighted by atomic mass is 32.2. The van der Waals surface area contributed by atoms with Crippen LogP contribution in [0, 0.1) is 0 Å². The number of nitrogens with zero attached hydrogens (tertiary/aromatic N) is 1. The molecule has 5 nitrogen and oxygen atoms in total. The van der Waals surface area contributed by atoms with Crippen LogP contribution in [0.15, 0.2) is 47.4 Å². The van der Waals surface area contributed by atoms with Gasteiger partial charge in [-0.25, -0.2) is 0 Å². The van der Waals surface area contributed by atoms with Crippen LogP contribution in [0.1, 0.15) is 12.5 Å². The molecule has 27 heavy (non-hydrogen) atoms.